The highest BCUT2D eigenvalue weighted by atomic mass is 16.2. The molecule has 1 aliphatic rings. The van der Waals surface area contributed by atoms with Crippen molar-refractivity contribution in [2.45, 2.75) is 25.8 Å². The van der Waals surface area contributed by atoms with E-state index in [4.69, 9.17) is 5.73 Å². The minimum atomic E-state index is -0.685. The number of carbonyl (C=O) groups is 1. The third-order valence-electron chi connectivity index (χ3n) is 3.01. The van der Waals surface area contributed by atoms with Crippen molar-refractivity contribution < 1.29 is 4.79 Å². The van der Waals surface area contributed by atoms with Crippen molar-refractivity contribution in [3.05, 3.63) is 0 Å². The molecule has 0 aromatic heterocycles. The van der Waals surface area contributed by atoms with E-state index >= 15 is 0 Å². The van der Waals surface area contributed by atoms with Crippen molar-refractivity contribution in [1.82, 2.24) is 9.80 Å². The Morgan fingerprint density at radius 3 is 2.29 bits per heavy atom. The van der Waals surface area contributed by atoms with Gasteiger partial charge in [-0.25, -0.2) is 0 Å². The second kappa shape index (κ2) is 4.28. The molecule has 4 heteroatoms. The number of piperazine rings is 1. The van der Waals surface area contributed by atoms with Crippen molar-refractivity contribution in [3.8, 4) is 0 Å². The summed E-state index contributed by atoms with van der Waals surface area (Å²) in [5.74, 6) is 0.0908. The standard InChI is InChI=1S/C10H21N3O/c1-4-10(2,11)9(14)13-7-5-12(3)6-8-13/h4-8,11H2,1-3H3. The third kappa shape index (κ3) is 2.45. The number of hydrogen-bond acceptors (Lipinski definition) is 3. The predicted octanol–water partition coefficient (Wildman–Crippen LogP) is -0.112. The second-order valence-electron chi connectivity index (χ2n) is 4.37. The highest BCUT2D eigenvalue weighted by Gasteiger charge is 2.31. The Morgan fingerprint density at radius 1 is 1.36 bits per heavy atom. The van der Waals surface area contributed by atoms with E-state index in [-0.39, 0.29) is 5.91 Å². The Labute approximate surface area is 86.0 Å². The molecule has 1 atom stereocenters. The lowest BCUT2D eigenvalue weighted by Crippen LogP contribution is -2.57. The van der Waals surface area contributed by atoms with Gasteiger partial charge < -0.3 is 15.5 Å². The normalized spacial score (nSPS) is 23.3. The average Bonchev–Trinajstić information content (AvgIpc) is 2.18. The molecule has 0 spiro atoms. The Morgan fingerprint density at radius 2 is 1.86 bits per heavy atom. The van der Waals surface area contributed by atoms with Gasteiger partial charge in [-0.3, -0.25) is 4.79 Å². The Kier molecular flexibility index (Phi) is 3.50. The molecule has 1 saturated heterocycles. The Balaban J connectivity index is 2.54. The zero-order valence-corrected chi connectivity index (χ0v) is 9.42. The summed E-state index contributed by atoms with van der Waals surface area (Å²) < 4.78 is 0. The van der Waals surface area contributed by atoms with Crippen LogP contribution in [0.25, 0.3) is 0 Å². The molecule has 0 aromatic carbocycles. The van der Waals surface area contributed by atoms with Crippen LogP contribution in [-0.2, 0) is 4.79 Å². The number of carbonyl (C=O) groups excluding carboxylic acids is 1. The van der Waals surface area contributed by atoms with Crippen LogP contribution < -0.4 is 5.73 Å². The van der Waals surface area contributed by atoms with Crippen LogP contribution in [0.1, 0.15) is 20.3 Å². The lowest BCUT2D eigenvalue weighted by atomic mass is 9.98. The first-order chi connectivity index (χ1) is 6.47. The second-order valence-corrected chi connectivity index (χ2v) is 4.37. The number of nitrogens with zero attached hydrogens (tertiary/aromatic N) is 2. The van der Waals surface area contributed by atoms with Gasteiger partial charge in [0.15, 0.2) is 0 Å². The zero-order valence-electron chi connectivity index (χ0n) is 9.42. The molecular formula is C10H21N3O. The smallest absolute Gasteiger partial charge is 0.242 e. The molecule has 0 saturated carbocycles. The lowest BCUT2D eigenvalue weighted by molar-refractivity contribution is -0.138. The SMILES string of the molecule is CCC(C)(N)C(=O)N1CCN(C)CC1. The van der Waals surface area contributed by atoms with E-state index in [0.29, 0.717) is 6.42 Å². The quantitative estimate of drug-likeness (QED) is 0.675. The van der Waals surface area contributed by atoms with E-state index in [9.17, 15) is 4.79 Å². The number of nitrogens with two attached hydrogens (primary N) is 1. The molecule has 4 nitrogen and oxygen atoms in total. The van der Waals surface area contributed by atoms with E-state index in [1.54, 1.807) is 0 Å². The van der Waals surface area contributed by atoms with Gasteiger partial charge in [0.05, 0.1) is 5.54 Å². The van der Waals surface area contributed by atoms with Gasteiger partial charge in [0.2, 0.25) is 5.91 Å². The fraction of sp³-hybridized carbons (Fsp3) is 0.900. The largest absolute Gasteiger partial charge is 0.339 e. The van der Waals surface area contributed by atoms with Crippen LogP contribution in [-0.4, -0.2) is 54.5 Å². The van der Waals surface area contributed by atoms with E-state index in [2.05, 4.69) is 11.9 Å². The molecule has 0 radical (unpaired) electrons. The Hall–Kier alpha value is -0.610. The molecule has 82 valence electrons. The summed E-state index contributed by atoms with van der Waals surface area (Å²) >= 11 is 0. The molecule has 1 fully saturated rings. The van der Waals surface area contributed by atoms with E-state index in [1.165, 1.54) is 0 Å². The minimum absolute atomic E-state index is 0.0908. The molecule has 1 aliphatic heterocycles. The van der Waals surface area contributed by atoms with Crippen LogP contribution in [0.5, 0.6) is 0 Å². The van der Waals surface area contributed by atoms with E-state index in [0.717, 1.165) is 26.2 Å². The molecule has 1 heterocycles. The topological polar surface area (TPSA) is 49.6 Å². The number of hydrogen-bond donors (Lipinski definition) is 1. The van der Waals surface area contributed by atoms with Gasteiger partial charge in [0, 0.05) is 26.2 Å². The van der Waals surface area contributed by atoms with Crippen LogP contribution in [0.4, 0.5) is 0 Å². The highest BCUT2D eigenvalue weighted by Crippen LogP contribution is 2.11. The van der Waals surface area contributed by atoms with Crippen LogP contribution >= 0.6 is 0 Å². The maximum atomic E-state index is 11.9. The summed E-state index contributed by atoms with van der Waals surface area (Å²) in [7, 11) is 2.07. The van der Waals surface area contributed by atoms with Gasteiger partial charge >= 0.3 is 0 Å². The predicted molar refractivity (Wildman–Crippen MR) is 57.0 cm³/mol. The first-order valence-corrected chi connectivity index (χ1v) is 5.24. The van der Waals surface area contributed by atoms with Gasteiger partial charge in [0.25, 0.3) is 0 Å². The molecule has 1 unspecified atom stereocenters. The first-order valence-electron chi connectivity index (χ1n) is 5.24. The third-order valence-corrected chi connectivity index (χ3v) is 3.01. The number of amides is 1. The van der Waals surface area contributed by atoms with Crippen molar-refractivity contribution in [2.75, 3.05) is 33.2 Å². The zero-order chi connectivity index (χ0) is 10.8. The van der Waals surface area contributed by atoms with E-state index in [1.807, 2.05) is 18.7 Å². The maximum absolute atomic E-state index is 11.9. The highest BCUT2D eigenvalue weighted by molar-refractivity contribution is 5.85. The van der Waals surface area contributed by atoms with Crippen molar-refractivity contribution in [2.24, 2.45) is 5.73 Å². The summed E-state index contributed by atoms with van der Waals surface area (Å²) in [5.41, 5.74) is 5.24. The molecule has 14 heavy (non-hydrogen) atoms. The van der Waals surface area contributed by atoms with Gasteiger partial charge in [0.1, 0.15) is 0 Å². The fourth-order valence-electron chi connectivity index (χ4n) is 1.52. The van der Waals surface area contributed by atoms with Crippen LogP contribution in [0, 0.1) is 0 Å². The number of likely N-dealkylation sites (N-methyl/N-ethyl adjacent to an activating group) is 1. The maximum Gasteiger partial charge on any atom is 0.242 e. The summed E-state index contributed by atoms with van der Waals surface area (Å²) in [6.07, 6.45) is 0.693. The van der Waals surface area contributed by atoms with Crippen LogP contribution in [0.2, 0.25) is 0 Å². The summed E-state index contributed by atoms with van der Waals surface area (Å²) in [6, 6.07) is 0. The van der Waals surface area contributed by atoms with Gasteiger partial charge in [-0.05, 0) is 20.4 Å². The van der Waals surface area contributed by atoms with Crippen molar-refractivity contribution >= 4 is 5.91 Å². The monoisotopic (exact) mass is 199 g/mol. The van der Waals surface area contributed by atoms with Crippen LogP contribution in [0.3, 0.4) is 0 Å². The van der Waals surface area contributed by atoms with E-state index < -0.39 is 5.54 Å². The fourth-order valence-corrected chi connectivity index (χ4v) is 1.52. The minimum Gasteiger partial charge on any atom is -0.339 e. The first kappa shape index (κ1) is 11.5. The van der Waals surface area contributed by atoms with Gasteiger partial charge in [-0.15, -0.1) is 0 Å². The van der Waals surface area contributed by atoms with Gasteiger partial charge in [-0.2, -0.15) is 0 Å². The molecule has 0 aromatic rings. The van der Waals surface area contributed by atoms with Crippen LogP contribution in [0.15, 0.2) is 0 Å². The molecule has 0 aliphatic carbocycles. The van der Waals surface area contributed by atoms with Gasteiger partial charge in [-0.1, -0.05) is 6.92 Å². The Bertz CT molecular complexity index is 207. The summed E-state index contributed by atoms with van der Waals surface area (Å²) in [5, 5.41) is 0. The molecule has 2 N–H and O–H groups in total. The molecule has 0 bridgehead atoms. The van der Waals surface area contributed by atoms with Crippen molar-refractivity contribution in [1.29, 1.82) is 0 Å². The lowest BCUT2D eigenvalue weighted by Gasteiger charge is -2.36. The van der Waals surface area contributed by atoms with Crippen molar-refractivity contribution in [3.63, 3.8) is 0 Å². The molecule has 1 amide bonds. The molecular weight excluding hydrogens is 178 g/mol. The summed E-state index contributed by atoms with van der Waals surface area (Å²) in [4.78, 5) is 16.0. The molecule has 1 rings (SSSR count). The average molecular weight is 199 g/mol. The number of rotatable bonds is 2. The summed E-state index contributed by atoms with van der Waals surface area (Å²) in [6.45, 7) is 7.28.